The van der Waals surface area contributed by atoms with Gasteiger partial charge in [0.05, 0.1) is 36.7 Å². The van der Waals surface area contributed by atoms with Crippen molar-refractivity contribution < 1.29 is 9.53 Å². The fourth-order valence-corrected chi connectivity index (χ4v) is 4.25. The van der Waals surface area contributed by atoms with E-state index >= 15 is 0 Å². The molecule has 1 aliphatic heterocycles. The van der Waals surface area contributed by atoms with Crippen LogP contribution in [0.1, 0.15) is 0 Å². The molecule has 172 valence electrons. The van der Waals surface area contributed by atoms with Crippen molar-refractivity contribution in [1.82, 2.24) is 19.9 Å². The molecule has 7 nitrogen and oxygen atoms in total. The van der Waals surface area contributed by atoms with Crippen LogP contribution in [0.25, 0.3) is 33.4 Å². The maximum atomic E-state index is 12.7. The Morgan fingerprint density at radius 1 is 0.941 bits per heavy atom. The van der Waals surface area contributed by atoms with Crippen LogP contribution in [0.15, 0.2) is 60.7 Å². The van der Waals surface area contributed by atoms with Gasteiger partial charge < -0.3 is 4.74 Å². The summed E-state index contributed by atoms with van der Waals surface area (Å²) in [5.74, 6) is 0.0180. The highest BCUT2D eigenvalue weighted by Gasteiger charge is 2.17. The third-order valence-electron chi connectivity index (χ3n) is 5.52. The van der Waals surface area contributed by atoms with E-state index in [1.807, 2.05) is 59.5 Å². The molecule has 5 rings (SSSR count). The molecule has 3 heterocycles. The number of ether oxygens (including phenoxy) is 1. The lowest BCUT2D eigenvalue weighted by atomic mass is 10.1. The van der Waals surface area contributed by atoms with Crippen molar-refractivity contribution in [1.29, 1.82) is 0 Å². The molecule has 34 heavy (non-hydrogen) atoms. The van der Waals surface area contributed by atoms with E-state index in [4.69, 9.17) is 27.9 Å². The van der Waals surface area contributed by atoms with Gasteiger partial charge >= 0.3 is 0 Å². The first-order valence-electron chi connectivity index (χ1n) is 10.9. The summed E-state index contributed by atoms with van der Waals surface area (Å²) in [7, 11) is 0. The summed E-state index contributed by atoms with van der Waals surface area (Å²) in [5, 5.41) is 4.59. The molecule has 0 spiro atoms. The summed E-state index contributed by atoms with van der Waals surface area (Å²) in [6.45, 7) is 2.91. The van der Waals surface area contributed by atoms with Crippen molar-refractivity contribution in [2.45, 2.75) is 0 Å². The zero-order valence-corrected chi connectivity index (χ0v) is 19.7. The third kappa shape index (κ3) is 5.18. The van der Waals surface area contributed by atoms with E-state index in [0.29, 0.717) is 53.4 Å². The van der Waals surface area contributed by atoms with Gasteiger partial charge in [0, 0.05) is 34.6 Å². The van der Waals surface area contributed by atoms with E-state index < -0.39 is 0 Å². The minimum absolute atomic E-state index is 0.187. The van der Waals surface area contributed by atoms with Gasteiger partial charge in [-0.1, -0.05) is 53.5 Å². The number of benzene rings is 2. The van der Waals surface area contributed by atoms with Crippen molar-refractivity contribution in [3.63, 3.8) is 0 Å². The van der Waals surface area contributed by atoms with Crippen molar-refractivity contribution >= 4 is 46.0 Å². The topological polar surface area (TPSA) is 80.2 Å². The van der Waals surface area contributed by atoms with Gasteiger partial charge in [-0.3, -0.25) is 15.0 Å². The summed E-state index contributed by atoms with van der Waals surface area (Å²) >= 11 is 12.7. The number of nitrogens with one attached hydrogen (secondary N) is 1. The molecule has 1 amide bonds. The molecule has 2 aromatic carbocycles. The Morgan fingerprint density at radius 2 is 1.71 bits per heavy atom. The molecule has 2 aromatic heterocycles. The normalized spacial score (nSPS) is 14.3. The predicted octanol–water partition coefficient (Wildman–Crippen LogP) is 4.94. The van der Waals surface area contributed by atoms with Gasteiger partial charge in [0.2, 0.25) is 11.9 Å². The monoisotopic (exact) mass is 493 g/mol. The van der Waals surface area contributed by atoms with Gasteiger partial charge in [-0.25, -0.2) is 15.0 Å². The van der Waals surface area contributed by atoms with Gasteiger partial charge in [-0.05, 0) is 30.3 Å². The molecule has 0 saturated carbocycles. The number of morpholine rings is 1. The fourth-order valence-electron chi connectivity index (χ4n) is 3.83. The van der Waals surface area contributed by atoms with E-state index in [1.54, 1.807) is 6.07 Å². The minimum Gasteiger partial charge on any atom is -0.379 e. The molecular formula is C25H21Cl2N5O2. The van der Waals surface area contributed by atoms with Crippen molar-refractivity contribution in [3.05, 3.63) is 70.8 Å². The Bertz CT molecular complexity index is 1340. The number of pyridine rings is 1. The Hall–Kier alpha value is -3.10. The SMILES string of the molecule is O=C(CN1CCOCC1)Nc1nc(-c2ccccc2)cc(-c2cc3cc(Cl)ccc3nc2Cl)n1. The molecule has 1 fully saturated rings. The Kier molecular flexibility index (Phi) is 6.69. The van der Waals surface area contributed by atoms with E-state index in [0.717, 1.165) is 16.5 Å². The van der Waals surface area contributed by atoms with Crippen LogP contribution in [0.2, 0.25) is 10.2 Å². The molecule has 1 aliphatic rings. The number of aromatic nitrogens is 3. The van der Waals surface area contributed by atoms with Gasteiger partial charge in [0.25, 0.3) is 0 Å². The van der Waals surface area contributed by atoms with Crippen LogP contribution in [-0.2, 0) is 9.53 Å². The second kappa shape index (κ2) is 10.0. The number of hydrogen-bond acceptors (Lipinski definition) is 6. The number of rotatable bonds is 5. The van der Waals surface area contributed by atoms with Crippen LogP contribution in [0, 0.1) is 0 Å². The first-order chi connectivity index (χ1) is 16.5. The standard InChI is InChI=1S/C25H21Cl2N5O2/c26-18-6-7-20-17(12-18)13-19(24(27)28-20)22-14-21(16-4-2-1-3-5-16)29-25(30-22)31-23(33)15-32-8-10-34-11-9-32/h1-7,12-14H,8-11,15H2,(H,29,30,31,33). The predicted molar refractivity (Wildman–Crippen MR) is 134 cm³/mol. The number of carbonyl (C=O) groups excluding carboxylic acids is 1. The maximum Gasteiger partial charge on any atom is 0.240 e. The number of carbonyl (C=O) groups is 1. The lowest BCUT2D eigenvalue weighted by molar-refractivity contribution is -0.118. The smallest absolute Gasteiger partial charge is 0.240 e. The van der Waals surface area contributed by atoms with Crippen molar-refractivity contribution in [3.8, 4) is 22.5 Å². The Morgan fingerprint density at radius 3 is 2.50 bits per heavy atom. The molecule has 0 atom stereocenters. The summed E-state index contributed by atoms with van der Waals surface area (Å²) in [4.78, 5) is 28.5. The minimum atomic E-state index is -0.187. The lowest BCUT2D eigenvalue weighted by Gasteiger charge is -2.25. The van der Waals surface area contributed by atoms with Gasteiger partial charge in [-0.15, -0.1) is 0 Å². The van der Waals surface area contributed by atoms with Gasteiger partial charge in [-0.2, -0.15) is 0 Å². The van der Waals surface area contributed by atoms with Crippen LogP contribution < -0.4 is 5.32 Å². The van der Waals surface area contributed by atoms with Crippen LogP contribution in [0.3, 0.4) is 0 Å². The lowest BCUT2D eigenvalue weighted by Crippen LogP contribution is -2.41. The molecular weight excluding hydrogens is 473 g/mol. The van der Waals surface area contributed by atoms with E-state index in [9.17, 15) is 4.79 Å². The maximum absolute atomic E-state index is 12.7. The average molecular weight is 494 g/mol. The largest absolute Gasteiger partial charge is 0.379 e. The Balaban J connectivity index is 1.53. The second-order valence-corrected chi connectivity index (χ2v) is 8.72. The van der Waals surface area contributed by atoms with E-state index in [2.05, 4.69) is 20.3 Å². The van der Waals surface area contributed by atoms with Crippen LogP contribution in [0.5, 0.6) is 0 Å². The molecule has 1 N–H and O–H groups in total. The highest BCUT2D eigenvalue weighted by molar-refractivity contribution is 6.33. The van der Waals surface area contributed by atoms with Crippen LogP contribution in [0.4, 0.5) is 5.95 Å². The molecule has 0 unspecified atom stereocenters. The van der Waals surface area contributed by atoms with E-state index in [-0.39, 0.29) is 18.4 Å². The summed E-state index contributed by atoms with van der Waals surface area (Å²) in [6.07, 6.45) is 0. The van der Waals surface area contributed by atoms with E-state index in [1.165, 1.54) is 0 Å². The first kappa shape index (κ1) is 22.7. The Labute approximate surface area is 206 Å². The molecule has 4 aromatic rings. The molecule has 0 radical (unpaired) electrons. The van der Waals surface area contributed by atoms with Crippen molar-refractivity contribution in [2.75, 3.05) is 38.2 Å². The number of nitrogens with zero attached hydrogens (tertiary/aromatic N) is 4. The number of anilines is 1. The summed E-state index contributed by atoms with van der Waals surface area (Å²) in [5.41, 5.74) is 3.46. The summed E-state index contributed by atoms with van der Waals surface area (Å²) in [6, 6.07) is 18.8. The van der Waals surface area contributed by atoms with Crippen LogP contribution >= 0.6 is 23.2 Å². The molecule has 1 saturated heterocycles. The number of amides is 1. The van der Waals surface area contributed by atoms with Gasteiger partial charge in [0.15, 0.2) is 0 Å². The number of hydrogen-bond donors (Lipinski definition) is 1. The van der Waals surface area contributed by atoms with Gasteiger partial charge in [0.1, 0.15) is 5.15 Å². The van der Waals surface area contributed by atoms with Crippen molar-refractivity contribution in [2.24, 2.45) is 0 Å². The summed E-state index contributed by atoms with van der Waals surface area (Å²) < 4.78 is 5.35. The third-order valence-corrected chi connectivity index (χ3v) is 6.05. The zero-order chi connectivity index (χ0) is 23.5. The van der Waals surface area contributed by atoms with Crippen LogP contribution in [-0.4, -0.2) is 58.6 Å². The second-order valence-electron chi connectivity index (χ2n) is 7.93. The molecule has 0 aliphatic carbocycles. The highest BCUT2D eigenvalue weighted by atomic mass is 35.5. The quantitative estimate of drug-likeness (QED) is 0.396. The number of halogens is 2. The molecule has 9 heteroatoms. The number of fused-ring (bicyclic) bond motifs is 1. The fraction of sp³-hybridized carbons (Fsp3) is 0.200. The average Bonchev–Trinajstić information content (AvgIpc) is 2.85. The first-order valence-corrected chi connectivity index (χ1v) is 11.6. The molecule has 0 bridgehead atoms. The highest BCUT2D eigenvalue weighted by Crippen LogP contribution is 2.32. The zero-order valence-electron chi connectivity index (χ0n) is 18.2.